The summed E-state index contributed by atoms with van der Waals surface area (Å²) in [7, 11) is -2.09. The van der Waals surface area contributed by atoms with Crippen molar-refractivity contribution in [2.24, 2.45) is 0 Å². The van der Waals surface area contributed by atoms with Crippen LogP contribution >= 0.6 is 0 Å². The van der Waals surface area contributed by atoms with Crippen LogP contribution in [0.1, 0.15) is 26.3 Å². The summed E-state index contributed by atoms with van der Waals surface area (Å²) < 4.78 is 10.9. The molecular formula is C17H27NO5Si. The molecule has 0 aliphatic heterocycles. The van der Waals surface area contributed by atoms with Crippen molar-refractivity contribution in [3.8, 4) is 0 Å². The molecule has 0 bridgehead atoms. The number of carbonyl (C=O) groups excluding carboxylic acids is 1. The average Bonchev–Trinajstić information content (AvgIpc) is 2.49. The molecule has 1 atom stereocenters. The Morgan fingerprint density at radius 1 is 1.21 bits per heavy atom. The predicted molar refractivity (Wildman–Crippen MR) is 94.3 cm³/mol. The van der Waals surface area contributed by atoms with Crippen LogP contribution in [0.2, 0.25) is 18.1 Å². The van der Waals surface area contributed by atoms with Crippen LogP contribution in [0.4, 0.5) is 4.79 Å². The van der Waals surface area contributed by atoms with Crippen LogP contribution in [0.3, 0.4) is 0 Å². The van der Waals surface area contributed by atoms with Crippen LogP contribution in [0.25, 0.3) is 0 Å². The molecular weight excluding hydrogens is 326 g/mol. The van der Waals surface area contributed by atoms with Gasteiger partial charge in [0.1, 0.15) is 6.61 Å². The van der Waals surface area contributed by atoms with E-state index >= 15 is 0 Å². The molecule has 0 aliphatic carbocycles. The molecule has 2 N–H and O–H groups in total. The lowest BCUT2D eigenvalue weighted by atomic mass is 10.2. The molecule has 7 heteroatoms. The molecule has 0 aliphatic rings. The van der Waals surface area contributed by atoms with Crippen molar-refractivity contribution < 1.29 is 23.9 Å². The van der Waals surface area contributed by atoms with Crippen LogP contribution in [0, 0.1) is 0 Å². The van der Waals surface area contributed by atoms with Crippen LogP contribution in [0.15, 0.2) is 30.3 Å². The number of aliphatic carboxylic acids is 1. The lowest BCUT2D eigenvalue weighted by molar-refractivity contribution is -0.140. The zero-order chi connectivity index (χ0) is 18.4. The Labute approximate surface area is 144 Å². The first-order valence-electron chi connectivity index (χ1n) is 7.87. The number of benzene rings is 1. The third-order valence-corrected chi connectivity index (χ3v) is 8.72. The molecule has 24 heavy (non-hydrogen) atoms. The SMILES string of the molecule is CC(C)(C)[Si](C)(C)OC[C@@H](NC(=O)OCc1ccccc1)C(=O)O. The van der Waals surface area contributed by atoms with E-state index in [1.165, 1.54) is 0 Å². The molecule has 1 amide bonds. The van der Waals surface area contributed by atoms with Crippen molar-refractivity contribution in [3.63, 3.8) is 0 Å². The maximum absolute atomic E-state index is 11.8. The second-order valence-corrected chi connectivity index (χ2v) is 12.0. The smallest absolute Gasteiger partial charge is 0.408 e. The first-order valence-corrected chi connectivity index (χ1v) is 10.8. The quantitative estimate of drug-likeness (QED) is 0.734. The van der Waals surface area contributed by atoms with E-state index in [4.69, 9.17) is 9.16 Å². The van der Waals surface area contributed by atoms with Gasteiger partial charge >= 0.3 is 12.1 Å². The van der Waals surface area contributed by atoms with Crippen LogP contribution in [-0.4, -0.2) is 38.1 Å². The maximum atomic E-state index is 11.8. The molecule has 1 aromatic rings. The van der Waals surface area contributed by atoms with Crippen molar-refractivity contribution in [1.82, 2.24) is 5.32 Å². The van der Waals surface area contributed by atoms with E-state index in [0.29, 0.717) is 0 Å². The minimum Gasteiger partial charge on any atom is -0.480 e. The van der Waals surface area contributed by atoms with Gasteiger partial charge in [0.15, 0.2) is 14.4 Å². The molecule has 6 nitrogen and oxygen atoms in total. The number of hydrogen-bond donors (Lipinski definition) is 2. The van der Waals surface area contributed by atoms with Gasteiger partial charge in [0.25, 0.3) is 0 Å². The normalized spacial score (nSPS) is 13.2. The van der Waals surface area contributed by atoms with E-state index < -0.39 is 26.4 Å². The Balaban J connectivity index is 2.54. The number of alkyl carbamates (subject to hydrolysis) is 1. The lowest BCUT2D eigenvalue weighted by Gasteiger charge is -2.36. The monoisotopic (exact) mass is 353 g/mol. The number of carbonyl (C=O) groups is 2. The fourth-order valence-electron chi connectivity index (χ4n) is 1.59. The summed E-state index contributed by atoms with van der Waals surface area (Å²) in [6.45, 7) is 10.3. The summed E-state index contributed by atoms with van der Waals surface area (Å²) in [5.41, 5.74) is 0.831. The van der Waals surface area contributed by atoms with Gasteiger partial charge in [-0.25, -0.2) is 9.59 Å². The van der Waals surface area contributed by atoms with Crippen molar-refractivity contribution >= 4 is 20.4 Å². The number of carboxylic acids is 1. The summed E-state index contributed by atoms with van der Waals surface area (Å²) in [6, 6.07) is 8.04. The molecule has 0 aromatic heterocycles. The van der Waals surface area contributed by atoms with Gasteiger partial charge in [-0.3, -0.25) is 0 Å². The van der Waals surface area contributed by atoms with E-state index in [1.807, 2.05) is 43.4 Å². The highest BCUT2D eigenvalue weighted by molar-refractivity contribution is 6.74. The Morgan fingerprint density at radius 3 is 2.29 bits per heavy atom. The second-order valence-electron chi connectivity index (χ2n) is 7.17. The summed E-state index contributed by atoms with van der Waals surface area (Å²) in [5, 5.41) is 11.6. The number of hydrogen-bond acceptors (Lipinski definition) is 4. The van der Waals surface area contributed by atoms with E-state index in [1.54, 1.807) is 0 Å². The molecule has 1 aromatic carbocycles. The number of carboxylic acid groups (broad SMARTS) is 1. The Morgan fingerprint density at radius 2 is 1.79 bits per heavy atom. The summed E-state index contributed by atoms with van der Waals surface area (Å²) in [5.74, 6) is -1.15. The van der Waals surface area contributed by atoms with Crippen molar-refractivity contribution in [2.45, 2.75) is 51.6 Å². The molecule has 0 unspecified atom stereocenters. The van der Waals surface area contributed by atoms with Gasteiger partial charge in [0, 0.05) is 0 Å². The molecule has 134 valence electrons. The van der Waals surface area contributed by atoms with Gasteiger partial charge in [-0.1, -0.05) is 51.1 Å². The average molecular weight is 353 g/mol. The number of ether oxygens (including phenoxy) is 1. The maximum Gasteiger partial charge on any atom is 0.408 e. The number of nitrogens with one attached hydrogen (secondary N) is 1. The highest BCUT2D eigenvalue weighted by atomic mass is 28.4. The van der Waals surface area contributed by atoms with Crippen molar-refractivity contribution in [3.05, 3.63) is 35.9 Å². The predicted octanol–water partition coefficient (Wildman–Crippen LogP) is 3.39. The summed E-state index contributed by atoms with van der Waals surface area (Å²) in [6.07, 6.45) is -0.773. The lowest BCUT2D eigenvalue weighted by Crippen LogP contribution is -2.49. The van der Waals surface area contributed by atoms with Gasteiger partial charge < -0.3 is 19.6 Å². The minimum atomic E-state index is -2.09. The topological polar surface area (TPSA) is 84.9 Å². The largest absolute Gasteiger partial charge is 0.480 e. The van der Waals surface area contributed by atoms with Crippen LogP contribution in [-0.2, 0) is 20.6 Å². The standard InChI is InChI=1S/C17H27NO5Si/c1-17(2,3)24(4,5)23-12-14(15(19)20)18-16(21)22-11-13-9-7-6-8-10-13/h6-10,14H,11-12H2,1-5H3,(H,18,21)(H,19,20)/t14-/m1/s1. The molecule has 0 saturated heterocycles. The van der Waals surface area contributed by atoms with Gasteiger partial charge in [-0.2, -0.15) is 0 Å². The molecule has 0 heterocycles. The highest BCUT2D eigenvalue weighted by Crippen LogP contribution is 2.36. The van der Waals surface area contributed by atoms with Gasteiger partial charge in [0.05, 0.1) is 6.61 Å². The zero-order valence-electron chi connectivity index (χ0n) is 15.0. The second kappa shape index (κ2) is 8.30. The summed E-state index contributed by atoms with van der Waals surface area (Å²) in [4.78, 5) is 23.2. The third kappa shape index (κ3) is 6.33. The zero-order valence-corrected chi connectivity index (χ0v) is 16.0. The summed E-state index contributed by atoms with van der Waals surface area (Å²) >= 11 is 0. The number of rotatable bonds is 7. The fraction of sp³-hybridized carbons (Fsp3) is 0.529. The first-order chi connectivity index (χ1) is 11.0. The van der Waals surface area contributed by atoms with Crippen LogP contribution < -0.4 is 5.32 Å². The van der Waals surface area contributed by atoms with Crippen molar-refractivity contribution in [1.29, 1.82) is 0 Å². The molecule has 0 saturated carbocycles. The van der Waals surface area contributed by atoms with Crippen molar-refractivity contribution in [2.75, 3.05) is 6.61 Å². The Kier molecular flexibility index (Phi) is 6.98. The molecule has 0 fully saturated rings. The van der Waals surface area contributed by atoms with Gasteiger partial charge in [-0.15, -0.1) is 0 Å². The Bertz CT molecular complexity index is 554. The van der Waals surface area contributed by atoms with Crippen LogP contribution in [0.5, 0.6) is 0 Å². The van der Waals surface area contributed by atoms with E-state index in [9.17, 15) is 14.7 Å². The number of amides is 1. The van der Waals surface area contributed by atoms with Gasteiger partial charge in [0.2, 0.25) is 0 Å². The first kappa shape index (κ1) is 20.2. The van der Waals surface area contributed by atoms with E-state index in [2.05, 4.69) is 26.1 Å². The van der Waals surface area contributed by atoms with E-state index in [0.717, 1.165) is 5.56 Å². The molecule has 1 rings (SSSR count). The third-order valence-electron chi connectivity index (χ3n) is 4.22. The molecule has 0 radical (unpaired) electrons. The highest BCUT2D eigenvalue weighted by Gasteiger charge is 2.38. The van der Waals surface area contributed by atoms with Gasteiger partial charge in [-0.05, 0) is 23.7 Å². The van der Waals surface area contributed by atoms with E-state index in [-0.39, 0.29) is 18.3 Å². The molecule has 0 spiro atoms. The fourth-order valence-corrected chi connectivity index (χ4v) is 2.61. The minimum absolute atomic E-state index is 0.0378. The Hall–Kier alpha value is -1.86.